The van der Waals surface area contributed by atoms with Crippen LogP contribution in [0.4, 0.5) is 0 Å². The lowest BCUT2D eigenvalue weighted by molar-refractivity contribution is -0.117. The molecule has 0 aromatic rings. The van der Waals surface area contributed by atoms with Crippen LogP contribution in [-0.2, 0) is 9.59 Å². The molecule has 202 valence electrons. The van der Waals surface area contributed by atoms with Gasteiger partial charge in [0.2, 0.25) is 27.9 Å². The number of ketones is 2. The molecular formula is C30H52AlN3O2. The molecule has 3 aliphatic heterocycles. The Bertz CT molecular complexity index is 766. The Morgan fingerprint density at radius 2 is 1.11 bits per heavy atom. The first kappa shape index (κ1) is 29.3. The lowest BCUT2D eigenvalue weighted by Gasteiger charge is -2.21. The summed E-state index contributed by atoms with van der Waals surface area (Å²) in [5.74, 6) is 1.14. The zero-order valence-corrected chi connectivity index (χ0v) is 25.7. The summed E-state index contributed by atoms with van der Waals surface area (Å²) in [6.07, 6.45) is 22.1. The van der Waals surface area contributed by atoms with Crippen LogP contribution in [0.2, 0.25) is 5.28 Å². The standard InChI is InChI=1S/C18H37.C12H13N3O2.Al.2H/c1-4-6-8-10-11-13-15-17-18(3)16-14-12-9-7-5-2;16-9-7-8(13-1-2-13)12(17)11(15-5-6-15)10(9)14-3-4-14;;;/h18H,3-17H2,1-2H3;7H,1-6H2;;;. The number of unbranched alkanes of at least 4 members (excludes halogenated alkanes) is 10. The Kier molecular flexibility index (Phi) is 12.9. The van der Waals surface area contributed by atoms with E-state index in [0.717, 1.165) is 45.2 Å². The fraction of sp³-hybridized carbons (Fsp3) is 0.800. The summed E-state index contributed by atoms with van der Waals surface area (Å²) in [4.78, 5) is 30.5. The average Bonchev–Trinajstić information content (AvgIpc) is 3.72. The first-order valence-corrected chi connectivity index (χ1v) is 16.8. The second kappa shape index (κ2) is 15.9. The van der Waals surface area contributed by atoms with Crippen LogP contribution in [0.15, 0.2) is 23.2 Å². The molecule has 0 aromatic heterocycles. The van der Waals surface area contributed by atoms with E-state index in [1.165, 1.54) is 112 Å². The third-order valence-electron chi connectivity index (χ3n) is 8.00. The number of hydrogen-bond acceptors (Lipinski definition) is 5. The monoisotopic (exact) mass is 513 g/mol. The first-order valence-electron chi connectivity index (χ1n) is 15.4. The minimum atomic E-state index is 0.00546. The second-order valence-corrected chi connectivity index (χ2v) is 12.1. The number of allylic oxidation sites excluding steroid dienone is 1. The van der Waals surface area contributed by atoms with Gasteiger partial charge in [-0.2, -0.15) is 0 Å². The quantitative estimate of drug-likeness (QED) is 0.107. The number of Topliss-reactive ketones (excluding diaryl/α,β-unsaturated/α-hetero) is 1. The number of rotatable bonds is 18. The van der Waals surface area contributed by atoms with Gasteiger partial charge in [0, 0.05) is 45.3 Å². The summed E-state index contributed by atoms with van der Waals surface area (Å²) in [5, 5.41) is 1.55. The Labute approximate surface area is 229 Å². The molecule has 3 fully saturated rings. The van der Waals surface area contributed by atoms with Gasteiger partial charge in [-0.15, -0.1) is 0 Å². The van der Waals surface area contributed by atoms with E-state index >= 15 is 0 Å². The van der Waals surface area contributed by atoms with Crippen molar-refractivity contribution in [1.29, 1.82) is 0 Å². The molecule has 1 aliphatic carbocycles. The summed E-state index contributed by atoms with van der Waals surface area (Å²) in [6.45, 7) is 10.0. The molecule has 36 heavy (non-hydrogen) atoms. The van der Waals surface area contributed by atoms with Gasteiger partial charge in [0.1, 0.15) is 11.4 Å². The highest BCUT2D eigenvalue weighted by Gasteiger charge is 2.43. The number of carbonyl (C=O) groups excluding carboxylic acids is 2. The number of hydrogen-bond donors (Lipinski definition) is 0. The van der Waals surface area contributed by atoms with Crippen molar-refractivity contribution in [3.05, 3.63) is 23.2 Å². The van der Waals surface area contributed by atoms with Crippen LogP contribution in [0.1, 0.15) is 104 Å². The second-order valence-electron chi connectivity index (χ2n) is 11.3. The van der Waals surface area contributed by atoms with Gasteiger partial charge < -0.3 is 14.7 Å². The Morgan fingerprint density at radius 3 is 1.56 bits per heavy atom. The van der Waals surface area contributed by atoms with Crippen LogP contribution >= 0.6 is 0 Å². The van der Waals surface area contributed by atoms with E-state index in [0.29, 0.717) is 17.1 Å². The largest absolute Gasteiger partial charge is 0.365 e. The maximum absolute atomic E-state index is 12.4. The lowest BCUT2D eigenvalue weighted by Crippen LogP contribution is -2.29. The smallest absolute Gasteiger partial charge is 0.227 e. The molecule has 0 spiro atoms. The van der Waals surface area contributed by atoms with Crippen LogP contribution in [-0.4, -0.2) is 81.8 Å². The molecule has 0 N–H and O–H groups in total. The van der Waals surface area contributed by atoms with Crippen molar-refractivity contribution in [1.82, 2.24) is 14.7 Å². The van der Waals surface area contributed by atoms with Crippen LogP contribution in [0.5, 0.6) is 0 Å². The van der Waals surface area contributed by atoms with Gasteiger partial charge in [-0.05, 0) is 0 Å². The lowest BCUT2D eigenvalue weighted by atomic mass is 9.95. The molecule has 4 aliphatic rings. The molecule has 0 aromatic carbocycles. The van der Waals surface area contributed by atoms with Crippen molar-refractivity contribution in [2.45, 2.75) is 109 Å². The van der Waals surface area contributed by atoms with Gasteiger partial charge in [-0.3, -0.25) is 9.59 Å². The molecule has 0 bridgehead atoms. The predicted octanol–water partition coefficient (Wildman–Crippen LogP) is 5.34. The summed E-state index contributed by atoms with van der Waals surface area (Å²) in [6, 6.07) is 0. The van der Waals surface area contributed by atoms with Crippen molar-refractivity contribution in [3.8, 4) is 0 Å². The van der Waals surface area contributed by atoms with E-state index in [9.17, 15) is 9.59 Å². The van der Waals surface area contributed by atoms with Gasteiger partial charge in [-0.1, -0.05) is 115 Å². The van der Waals surface area contributed by atoms with E-state index in [1.54, 1.807) is 5.28 Å². The fourth-order valence-corrected chi connectivity index (χ4v) is 6.07. The summed E-state index contributed by atoms with van der Waals surface area (Å²) < 4.78 is 0. The van der Waals surface area contributed by atoms with Crippen molar-refractivity contribution >= 4 is 27.9 Å². The zero-order chi connectivity index (χ0) is 25.8. The van der Waals surface area contributed by atoms with Crippen molar-refractivity contribution in [2.24, 2.45) is 5.92 Å². The van der Waals surface area contributed by atoms with E-state index in [1.807, 2.05) is 14.7 Å². The molecule has 3 heterocycles. The summed E-state index contributed by atoms with van der Waals surface area (Å²) in [5.41, 5.74) is 1.89. The highest BCUT2D eigenvalue weighted by atomic mass is 27.0. The maximum Gasteiger partial charge on any atom is 0.227 e. The van der Waals surface area contributed by atoms with Gasteiger partial charge in [-0.25, -0.2) is 0 Å². The molecule has 0 amide bonds. The molecular weight excluding hydrogens is 461 g/mol. The molecule has 3 saturated heterocycles. The molecule has 6 heteroatoms. The van der Waals surface area contributed by atoms with E-state index in [2.05, 4.69) is 13.8 Å². The summed E-state index contributed by atoms with van der Waals surface area (Å²) >= 11 is 1.41. The maximum atomic E-state index is 12.4. The Morgan fingerprint density at radius 1 is 0.667 bits per heavy atom. The molecule has 0 radical (unpaired) electrons. The van der Waals surface area contributed by atoms with Gasteiger partial charge in [0.15, 0.2) is 0 Å². The topological polar surface area (TPSA) is 43.2 Å². The zero-order valence-electron chi connectivity index (χ0n) is 23.7. The molecule has 4 rings (SSSR count). The number of nitrogens with zero attached hydrogens (tertiary/aromatic N) is 3. The molecule has 1 unspecified atom stereocenters. The van der Waals surface area contributed by atoms with Crippen molar-refractivity contribution in [2.75, 3.05) is 39.3 Å². The SMILES string of the molecule is CCCCCCCCCC([CH2][AlH2])CCCCCCC.O=C1C=C(N2CC2)C(=O)C(N2CC2)=C1N1CC1. The summed E-state index contributed by atoms with van der Waals surface area (Å²) in [7, 11) is 0. The highest BCUT2D eigenvalue weighted by Crippen LogP contribution is 2.34. The highest BCUT2D eigenvalue weighted by molar-refractivity contribution is 6.22. The van der Waals surface area contributed by atoms with Crippen molar-refractivity contribution < 1.29 is 9.59 Å². The van der Waals surface area contributed by atoms with E-state index in [4.69, 9.17) is 0 Å². The first-order chi connectivity index (χ1) is 17.6. The van der Waals surface area contributed by atoms with Gasteiger partial charge >= 0.3 is 0 Å². The van der Waals surface area contributed by atoms with Gasteiger partial charge in [0.25, 0.3) is 0 Å². The third kappa shape index (κ3) is 9.90. The molecule has 1 atom stereocenters. The van der Waals surface area contributed by atoms with Crippen molar-refractivity contribution in [3.63, 3.8) is 0 Å². The minimum Gasteiger partial charge on any atom is -0.365 e. The predicted molar refractivity (Wildman–Crippen MR) is 153 cm³/mol. The Hall–Kier alpha value is -1.25. The van der Waals surface area contributed by atoms with Crippen LogP contribution in [0.3, 0.4) is 0 Å². The normalized spacial score (nSPS) is 19.3. The Balaban J connectivity index is 0.000000201. The number of carbonyl (C=O) groups is 2. The van der Waals surface area contributed by atoms with Crippen LogP contribution < -0.4 is 0 Å². The van der Waals surface area contributed by atoms with Gasteiger partial charge in [0.05, 0.1) is 5.70 Å². The fourth-order valence-electron chi connectivity index (χ4n) is 5.25. The van der Waals surface area contributed by atoms with E-state index in [-0.39, 0.29) is 11.6 Å². The van der Waals surface area contributed by atoms with Crippen LogP contribution in [0, 0.1) is 5.92 Å². The molecule has 0 saturated carbocycles. The van der Waals surface area contributed by atoms with E-state index < -0.39 is 0 Å². The minimum absolute atomic E-state index is 0.00546. The molecule has 5 nitrogen and oxygen atoms in total. The average molecular weight is 514 g/mol. The van der Waals surface area contributed by atoms with Crippen LogP contribution in [0.25, 0.3) is 0 Å². The third-order valence-corrected chi connectivity index (χ3v) is 9.15.